The Bertz CT molecular complexity index is 434. The minimum atomic E-state index is -0.141. The highest BCUT2D eigenvalue weighted by molar-refractivity contribution is 5.95. The zero-order valence-electron chi connectivity index (χ0n) is 11.4. The Balaban J connectivity index is 1.96. The third-order valence-corrected chi connectivity index (χ3v) is 3.59. The van der Waals surface area contributed by atoms with Crippen molar-refractivity contribution in [2.24, 2.45) is 5.92 Å². The molecule has 0 aliphatic heterocycles. The lowest BCUT2D eigenvalue weighted by Gasteiger charge is -2.14. The Kier molecular flexibility index (Phi) is 4.80. The van der Waals surface area contributed by atoms with Crippen LogP contribution in [0.5, 0.6) is 0 Å². The fourth-order valence-corrected chi connectivity index (χ4v) is 2.60. The first-order valence-electron chi connectivity index (χ1n) is 6.94. The first kappa shape index (κ1) is 13.9. The largest absolute Gasteiger partial charge is 0.395 e. The maximum absolute atomic E-state index is 11.8. The van der Waals surface area contributed by atoms with Crippen LogP contribution in [-0.4, -0.2) is 30.2 Å². The number of anilines is 1. The first-order chi connectivity index (χ1) is 9.19. The highest BCUT2D eigenvalue weighted by Gasteiger charge is 2.21. The number of aliphatic hydroxyl groups excluding tert-OH is 1. The van der Waals surface area contributed by atoms with Crippen LogP contribution in [0.4, 0.5) is 5.69 Å². The van der Waals surface area contributed by atoms with Gasteiger partial charge < -0.3 is 15.7 Å². The van der Waals surface area contributed by atoms with E-state index in [9.17, 15) is 4.79 Å². The molecule has 1 amide bonds. The lowest BCUT2D eigenvalue weighted by molar-refractivity contribution is 0.0945. The van der Waals surface area contributed by atoms with Gasteiger partial charge in [-0.2, -0.15) is 0 Å². The van der Waals surface area contributed by atoms with Crippen LogP contribution in [0.3, 0.4) is 0 Å². The molecule has 3 N–H and O–H groups in total. The van der Waals surface area contributed by atoms with Crippen LogP contribution < -0.4 is 10.6 Å². The lowest BCUT2D eigenvalue weighted by atomic mass is 10.1. The summed E-state index contributed by atoms with van der Waals surface area (Å²) in [6, 6.07) is 8.05. The molecule has 2 rings (SSSR count). The molecule has 0 radical (unpaired) electrons. The van der Waals surface area contributed by atoms with Crippen molar-refractivity contribution in [1.82, 2.24) is 5.32 Å². The highest BCUT2D eigenvalue weighted by atomic mass is 16.3. The van der Waals surface area contributed by atoms with Gasteiger partial charge in [0, 0.05) is 23.8 Å². The van der Waals surface area contributed by atoms with Crippen molar-refractivity contribution in [3.8, 4) is 0 Å². The summed E-state index contributed by atoms with van der Waals surface area (Å²) in [5, 5.41) is 14.9. The van der Waals surface area contributed by atoms with Gasteiger partial charge in [-0.05, 0) is 43.4 Å². The van der Waals surface area contributed by atoms with E-state index < -0.39 is 0 Å². The van der Waals surface area contributed by atoms with E-state index in [0.29, 0.717) is 11.6 Å². The van der Waals surface area contributed by atoms with Gasteiger partial charge in [-0.3, -0.25) is 4.79 Å². The molecular weight excluding hydrogens is 240 g/mol. The molecule has 19 heavy (non-hydrogen) atoms. The Morgan fingerprint density at radius 1 is 1.42 bits per heavy atom. The molecular formula is C15H22N2O2. The number of hydrogen-bond acceptors (Lipinski definition) is 3. The molecule has 1 fully saturated rings. The molecule has 0 saturated heterocycles. The van der Waals surface area contributed by atoms with Gasteiger partial charge in [0.1, 0.15) is 0 Å². The van der Waals surface area contributed by atoms with Gasteiger partial charge >= 0.3 is 0 Å². The minimum absolute atomic E-state index is 0.0381. The van der Waals surface area contributed by atoms with E-state index >= 15 is 0 Å². The fraction of sp³-hybridized carbons (Fsp3) is 0.533. The highest BCUT2D eigenvalue weighted by Crippen LogP contribution is 2.27. The van der Waals surface area contributed by atoms with E-state index in [1.54, 1.807) is 6.07 Å². The van der Waals surface area contributed by atoms with Crippen LogP contribution in [0.25, 0.3) is 0 Å². The molecule has 0 spiro atoms. The van der Waals surface area contributed by atoms with Gasteiger partial charge in [0.15, 0.2) is 0 Å². The predicted octanol–water partition coefficient (Wildman–Crippen LogP) is 2.01. The molecule has 1 aromatic rings. The number of rotatable bonds is 5. The minimum Gasteiger partial charge on any atom is -0.395 e. The third-order valence-electron chi connectivity index (χ3n) is 3.59. The predicted molar refractivity (Wildman–Crippen MR) is 76.3 cm³/mol. The molecule has 4 heteroatoms. The topological polar surface area (TPSA) is 61.4 Å². The molecule has 104 valence electrons. The number of carbonyl (C=O) groups is 1. The average molecular weight is 262 g/mol. The third kappa shape index (κ3) is 3.96. The maximum Gasteiger partial charge on any atom is 0.251 e. The molecule has 2 atom stereocenters. The molecule has 1 saturated carbocycles. The van der Waals surface area contributed by atoms with E-state index in [-0.39, 0.29) is 19.1 Å². The molecule has 0 bridgehead atoms. The van der Waals surface area contributed by atoms with E-state index in [4.69, 9.17) is 5.11 Å². The fourth-order valence-electron chi connectivity index (χ4n) is 2.60. The second-order valence-corrected chi connectivity index (χ2v) is 5.32. The summed E-state index contributed by atoms with van der Waals surface area (Å²) in [5.41, 5.74) is 1.63. The quantitative estimate of drug-likeness (QED) is 0.760. The summed E-state index contributed by atoms with van der Waals surface area (Å²) < 4.78 is 0. The summed E-state index contributed by atoms with van der Waals surface area (Å²) in [4.78, 5) is 11.8. The van der Waals surface area contributed by atoms with Crippen molar-refractivity contribution in [3.05, 3.63) is 29.8 Å². The average Bonchev–Trinajstić information content (AvgIpc) is 2.81. The van der Waals surface area contributed by atoms with Crippen molar-refractivity contribution in [1.29, 1.82) is 0 Å². The summed E-state index contributed by atoms with van der Waals surface area (Å²) in [6.45, 7) is 2.53. The van der Waals surface area contributed by atoms with Gasteiger partial charge in [0.2, 0.25) is 0 Å². The molecule has 0 heterocycles. The van der Waals surface area contributed by atoms with E-state index in [2.05, 4.69) is 17.6 Å². The van der Waals surface area contributed by atoms with Crippen molar-refractivity contribution >= 4 is 11.6 Å². The van der Waals surface area contributed by atoms with Gasteiger partial charge in [0.25, 0.3) is 5.91 Å². The van der Waals surface area contributed by atoms with Crippen LogP contribution in [0, 0.1) is 5.92 Å². The smallest absolute Gasteiger partial charge is 0.251 e. The number of carbonyl (C=O) groups excluding carboxylic acids is 1. The molecule has 1 aromatic carbocycles. The Morgan fingerprint density at radius 2 is 2.26 bits per heavy atom. The Morgan fingerprint density at radius 3 is 2.95 bits per heavy atom. The number of hydrogen-bond donors (Lipinski definition) is 3. The number of benzene rings is 1. The summed E-state index contributed by atoms with van der Waals surface area (Å²) in [7, 11) is 0. The first-order valence-corrected chi connectivity index (χ1v) is 6.94. The molecule has 4 nitrogen and oxygen atoms in total. The lowest BCUT2D eigenvalue weighted by Crippen LogP contribution is -2.26. The molecule has 1 aliphatic carbocycles. The standard InChI is InChI=1S/C15H22N2O2/c1-11-5-6-14(9-11)17-13-4-2-3-12(10-13)15(19)16-7-8-18/h2-4,10-11,14,17-18H,5-9H2,1H3,(H,16,19). The molecule has 2 unspecified atom stereocenters. The van der Waals surface area contributed by atoms with Crippen molar-refractivity contribution in [2.45, 2.75) is 32.2 Å². The number of nitrogens with one attached hydrogen (secondary N) is 2. The van der Waals surface area contributed by atoms with Crippen molar-refractivity contribution in [2.75, 3.05) is 18.5 Å². The van der Waals surface area contributed by atoms with Crippen LogP contribution in [0.15, 0.2) is 24.3 Å². The van der Waals surface area contributed by atoms with Gasteiger partial charge in [-0.15, -0.1) is 0 Å². The second kappa shape index (κ2) is 6.57. The second-order valence-electron chi connectivity index (χ2n) is 5.32. The zero-order chi connectivity index (χ0) is 13.7. The SMILES string of the molecule is CC1CCC(Nc2cccc(C(=O)NCCO)c2)C1. The number of aliphatic hydroxyl groups is 1. The summed E-state index contributed by atoms with van der Waals surface area (Å²) >= 11 is 0. The maximum atomic E-state index is 11.8. The Labute approximate surface area is 114 Å². The van der Waals surface area contributed by atoms with Gasteiger partial charge in [-0.1, -0.05) is 13.0 Å². The van der Waals surface area contributed by atoms with E-state index in [1.807, 2.05) is 18.2 Å². The molecule has 1 aliphatic rings. The monoisotopic (exact) mass is 262 g/mol. The summed E-state index contributed by atoms with van der Waals surface area (Å²) in [6.07, 6.45) is 3.66. The normalized spacial score (nSPS) is 22.2. The van der Waals surface area contributed by atoms with Crippen LogP contribution >= 0.6 is 0 Å². The number of amides is 1. The van der Waals surface area contributed by atoms with E-state index in [0.717, 1.165) is 11.6 Å². The van der Waals surface area contributed by atoms with Crippen molar-refractivity contribution in [3.63, 3.8) is 0 Å². The van der Waals surface area contributed by atoms with E-state index in [1.165, 1.54) is 19.3 Å². The van der Waals surface area contributed by atoms with Crippen LogP contribution in [0.1, 0.15) is 36.5 Å². The zero-order valence-corrected chi connectivity index (χ0v) is 11.4. The Hall–Kier alpha value is -1.55. The summed E-state index contributed by atoms with van der Waals surface area (Å²) in [5.74, 6) is 0.644. The van der Waals surface area contributed by atoms with Crippen LogP contribution in [-0.2, 0) is 0 Å². The van der Waals surface area contributed by atoms with Gasteiger partial charge in [0.05, 0.1) is 6.61 Å². The van der Waals surface area contributed by atoms with Crippen molar-refractivity contribution < 1.29 is 9.90 Å². The molecule has 0 aromatic heterocycles. The van der Waals surface area contributed by atoms with Crippen LogP contribution in [0.2, 0.25) is 0 Å². The van der Waals surface area contributed by atoms with Gasteiger partial charge in [-0.25, -0.2) is 0 Å².